The molecule has 0 bridgehead atoms. The van der Waals surface area contributed by atoms with Gasteiger partial charge in [-0.1, -0.05) is 32.1 Å². The van der Waals surface area contributed by atoms with Crippen molar-refractivity contribution in [3.8, 4) is 0 Å². The van der Waals surface area contributed by atoms with Gasteiger partial charge in [0.15, 0.2) is 5.96 Å². The van der Waals surface area contributed by atoms with E-state index in [4.69, 9.17) is 11.5 Å². The van der Waals surface area contributed by atoms with E-state index in [1.54, 1.807) is 0 Å². The molecule has 0 saturated heterocycles. The minimum absolute atomic E-state index is 0. The Hall–Kier alpha value is -0.140. The van der Waals surface area contributed by atoms with Gasteiger partial charge in [-0.2, -0.15) is 4.99 Å². The van der Waals surface area contributed by atoms with Crippen LogP contribution >= 0.6 is 44.2 Å². The first kappa shape index (κ1) is 14.9. The summed E-state index contributed by atoms with van der Waals surface area (Å²) in [5.41, 5.74) is 11.5. The van der Waals surface area contributed by atoms with Gasteiger partial charge in [0, 0.05) is 5.41 Å². The third-order valence-corrected chi connectivity index (χ3v) is 3.11. The molecule has 0 radical (unpaired) electrons. The van der Waals surface area contributed by atoms with Crippen molar-refractivity contribution in [3.63, 3.8) is 0 Å². The number of thiazole rings is 1. The average Bonchev–Trinajstić information content (AvgIpc) is 2.27. The zero-order valence-corrected chi connectivity index (χ0v) is 12.9. The Bertz CT molecular complexity index is 363. The second kappa shape index (κ2) is 5.27. The Labute approximate surface area is 112 Å². The highest BCUT2D eigenvalue weighted by Crippen LogP contribution is 2.36. The summed E-state index contributed by atoms with van der Waals surface area (Å²) in [6, 6.07) is 0. The van der Waals surface area contributed by atoms with Crippen molar-refractivity contribution < 1.29 is 0 Å². The molecule has 15 heavy (non-hydrogen) atoms. The van der Waals surface area contributed by atoms with Crippen molar-refractivity contribution in [1.29, 1.82) is 0 Å². The van der Waals surface area contributed by atoms with Crippen LogP contribution in [0.3, 0.4) is 0 Å². The zero-order chi connectivity index (χ0) is 10.9. The second-order valence-corrected chi connectivity index (χ2v) is 6.20. The van der Waals surface area contributed by atoms with E-state index in [2.05, 4.69) is 46.7 Å². The molecule has 0 amide bonds. The fourth-order valence-corrected chi connectivity index (χ4v) is 2.93. The first-order valence-electron chi connectivity index (χ1n) is 4.07. The third-order valence-electron chi connectivity index (χ3n) is 1.51. The molecule has 0 fully saturated rings. The van der Waals surface area contributed by atoms with Gasteiger partial charge in [0.2, 0.25) is 5.13 Å². The minimum Gasteiger partial charge on any atom is -0.370 e. The molecule has 0 spiro atoms. The molecule has 1 aromatic heterocycles. The van der Waals surface area contributed by atoms with Gasteiger partial charge in [0.25, 0.3) is 0 Å². The first-order valence-corrected chi connectivity index (χ1v) is 5.68. The molecule has 0 unspecified atom stereocenters. The van der Waals surface area contributed by atoms with Gasteiger partial charge in [-0.05, 0) is 15.9 Å². The maximum atomic E-state index is 5.27. The van der Waals surface area contributed by atoms with Gasteiger partial charge in [0.1, 0.15) is 0 Å². The molecular weight excluding hydrogens is 344 g/mol. The van der Waals surface area contributed by atoms with E-state index in [0.29, 0.717) is 5.13 Å². The molecule has 1 rings (SSSR count). The molecule has 1 heterocycles. The Morgan fingerprint density at radius 1 is 1.40 bits per heavy atom. The van der Waals surface area contributed by atoms with Crippen molar-refractivity contribution in [2.45, 2.75) is 26.2 Å². The second-order valence-electron chi connectivity index (χ2n) is 3.91. The molecule has 0 aliphatic rings. The number of aliphatic imine (C=N–C) groups is 1. The molecule has 1 aromatic rings. The van der Waals surface area contributed by atoms with Crippen LogP contribution in [0.15, 0.2) is 8.78 Å². The number of nitrogens with zero attached hydrogens (tertiary/aromatic N) is 2. The standard InChI is InChI=1S/C8H13BrN4S.BrH/c1-8(2,3)4-5(9)14-7(12-4)13-6(10)11;/h1-3H3,(H4,10,11,12,13);1H. The van der Waals surface area contributed by atoms with Crippen LogP contribution in [0.4, 0.5) is 5.13 Å². The van der Waals surface area contributed by atoms with Crippen molar-refractivity contribution in [2.75, 3.05) is 0 Å². The first-order chi connectivity index (χ1) is 6.30. The summed E-state index contributed by atoms with van der Waals surface area (Å²) in [4.78, 5) is 8.25. The fourth-order valence-electron chi connectivity index (χ4n) is 0.912. The molecular formula is C8H14Br2N4S. The quantitative estimate of drug-likeness (QED) is 0.599. The highest BCUT2D eigenvalue weighted by molar-refractivity contribution is 9.11. The summed E-state index contributed by atoms with van der Waals surface area (Å²) >= 11 is 4.88. The molecule has 4 nitrogen and oxygen atoms in total. The molecule has 0 aliphatic heterocycles. The summed E-state index contributed by atoms with van der Waals surface area (Å²) in [5.74, 6) is 0.0340. The maximum absolute atomic E-state index is 5.27. The van der Waals surface area contributed by atoms with E-state index in [0.717, 1.165) is 9.48 Å². The van der Waals surface area contributed by atoms with Crippen molar-refractivity contribution in [1.82, 2.24) is 4.98 Å². The smallest absolute Gasteiger partial charge is 0.213 e. The van der Waals surface area contributed by atoms with E-state index in [1.807, 2.05) is 0 Å². The van der Waals surface area contributed by atoms with Crippen molar-refractivity contribution in [3.05, 3.63) is 9.48 Å². The van der Waals surface area contributed by atoms with Crippen LogP contribution in [-0.4, -0.2) is 10.9 Å². The summed E-state index contributed by atoms with van der Waals surface area (Å²) < 4.78 is 0.977. The van der Waals surface area contributed by atoms with Crippen molar-refractivity contribution in [2.24, 2.45) is 16.5 Å². The largest absolute Gasteiger partial charge is 0.370 e. The Morgan fingerprint density at radius 2 is 1.93 bits per heavy atom. The lowest BCUT2D eigenvalue weighted by molar-refractivity contribution is 0.570. The van der Waals surface area contributed by atoms with Gasteiger partial charge in [0.05, 0.1) is 9.48 Å². The van der Waals surface area contributed by atoms with Crippen LogP contribution in [-0.2, 0) is 5.41 Å². The normalized spacial score (nSPS) is 10.7. The van der Waals surface area contributed by atoms with E-state index in [9.17, 15) is 0 Å². The van der Waals surface area contributed by atoms with Gasteiger partial charge in [-0.25, -0.2) is 4.98 Å². The van der Waals surface area contributed by atoms with Crippen LogP contribution < -0.4 is 11.5 Å². The number of halogens is 2. The third kappa shape index (κ3) is 4.08. The number of aromatic nitrogens is 1. The zero-order valence-electron chi connectivity index (χ0n) is 8.74. The highest BCUT2D eigenvalue weighted by Gasteiger charge is 2.21. The molecule has 0 aliphatic carbocycles. The van der Waals surface area contributed by atoms with E-state index in [-0.39, 0.29) is 28.4 Å². The molecule has 0 saturated carbocycles. The van der Waals surface area contributed by atoms with Crippen LogP contribution in [0, 0.1) is 0 Å². The van der Waals surface area contributed by atoms with Gasteiger partial charge < -0.3 is 11.5 Å². The monoisotopic (exact) mass is 356 g/mol. The summed E-state index contributed by atoms with van der Waals surface area (Å²) in [6.07, 6.45) is 0. The fraction of sp³-hybridized carbons (Fsp3) is 0.500. The van der Waals surface area contributed by atoms with E-state index < -0.39 is 0 Å². The Kier molecular flexibility index (Phi) is 5.22. The van der Waals surface area contributed by atoms with Crippen LogP contribution in [0.1, 0.15) is 26.5 Å². The SMILES string of the molecule is Br.CC(C)(C)c1nc(N=C(N)N)sc1Br. The van der Waals surface area contributed by atoms with Gasteiger partial charge in [-0.15, -0.1) is 17.0 Å². The topological polar surface area (TPSA) is 77.3 Å². The van der Waals surface area contributed by atoms with E-state index in [1.165, 1.54) is 11.3 Å². The number of rotatable bonds is 1. The highest BCUT2D eigenvalue weighted by atomic mass is 79.9. The van der Waals surface area contributed by atoms with Gasteiger partial charge >= 0.3 is 0 Å². The predicted molar refractivity (Wildman–Crippen MR) is 74.3 cm³/mol. The molecule has 0 aromatic carbocycles. The predicted octanol–water partition coefficient (Wildman–Crippen LogP) is 2.69. The lowest BCUT2D eigenvalue weighted by Crippen LogP contribution is -2.21. The van der Waals surface area contributed by atoms with Crippen LogP contribution in [0.25, 0.3) is 0 Å². The van der Waals surface area contributed by atoms with Crippen LogP contribution in [0.2, 0.25) is 0 Å². The van der Waals surface area contributed by atoms with Gasteiger partial charge in [-0.3, -0.25) is 0 Å². The van der Waals surface area contributed by atoms with Crippen LogP contribution in [0.5, 0.6) is 0 Å². The lowest BCUT2D eigenvalue weighted by Gasteiger charge is -2.15. The number of hydrogen-bond acceptors (Lipinski definition) is 3. The average molecular weight is 358 g/mol. The molecule has 0 atom stereocenters. The van der Waals surface area contributed by atoms with E-state index >= 15 is 0 Å². The Morgan fingerprint density at radius 3 is 2.27 bits per heavy atom. The summed E-state index contributed by atoms with van der Waals surface area (Å²) in [5, 5.41) is 0.585. The number of nitrogens with two attached hydrogens (primary N) is 2. The van der Waals surface area contributed by atoms with Crippen molar-refractivity contribution >= 4 is 55.3 Å². The summed E-state index contributed by atoms with van der Waals surface area (Å²) in [7, 11) is 0. The number of guanidine groups is 1. The molecule has 86 valence electrons. The maximum Gasteiger partial charge on any atom is 0.213 e. The molecule has 7 heteroatoms. The number of hydrogen-bond donors (Lipinski definition) is 2. The lowest BCUT2D eigenvalue weighted by atomic mass is 9.93. The summed E-state index contributed by atoms with van der Waals surface area (Å²) in [6.45, 7) is 6.27. The Balaban J connectivity index is 0.00000196. The molecule has 4 N–H and O–H groups in total. The minimum atomic E-state index is -0.00748.